The van der Waals surface area contributed by atoms with Crippen LogP contribution in [0.3, 0.4) is 0 Å². The molecule has 1 N–H and O–H groups in total. The van der Waals surface area contributed by atoms with Crippen molar-refractivity contribution in [2.24, 2.45) is 0 Å². The van der Waals surface area contributed by atoms with Crippen molar-refractivity contribution in [2.75, 3.05) is 0 Å². The van der Waals surface area contributed by atoms with E-state index in [-0.39, 0.29) is 0 Å². The average molecular weight is 236 g/mol. The monoisotopic (exact) mass is 236 g/mol. The minimum atomic E-state index is -0.847. The summed E-state index contributed by atoms with van der Waals surface area (Å²) >= 11 is 0. The summed E-state index contributed by atoms with van der Waals surface area (Å²) in [5.41, 5.74) is 0.164. The third kappa shape index (κ3) is 1.68. The fourth-order valence-electron chi connectivity index (χ4n) is 2.67. The topological polar surface area (TPSA) is 20.2 Å². The summed E-state index contributed by atoms with van der Waals surface area (Å²) in [6, 6.07) is 18.6. The smallest absolute Gasteiger partial charge is 0.0852 e. The first kappa shape index (κ1) is 11.2. The first-order chi connectivity index (χ1) is 8.57. The molecular formula is C17H16O. The molecule has 0 fully saturated rings. The maximum absolute atomic E-state index is 10.5. The van der Waals surface area contributed by atoms with Crippen molar-refractivity contribution in [2.45, 2.75) is 19.4 Å². The quantitative estimate of drug-likeness (QED) is 0.627. The molecule has 0 radical (unpaired) electrons. The fourth-order valence-corrected chi connectivity index (χ4v) is 2.67. The van der Waals surface area contributed by atoms with Gasteiger partial charge in [-0.2, -0.15) is 0 Å². The molecule has 1 nitrogen and oxygen atoms in total. The van der Waals surface area contributed by atoms with Gasteiger partial charge in [0.15, 0.2) is 0 Å². The van der Waals surface area contributed by atoms with Gasteiger partial charge >= 0.3 is 0 Å². The summed E-state index contributed by atoms with van der Waals surface area (Å²) in [6.45, 7) is 3.70. The van der Waals surface area contributed by atoms with Gasteiger partial charge < -0.3 is 5.11 Å². The van der Waals surface area contributed by atoms with Gasteiger partial charge in [0, 0.05) is 0 Å². The van der Waals surface area contributed by atoms with E-state index < -0.39 is 5.60 Å². The number of benzene rings is 3. The van der Waals surface area contributed by atoms with Crippen LogP contribution in [0.2, 0.25) is 0 Å². The molecule has 0 unspecified atom stereocenters. The fraction of sp³-hybridized carbons (Fsp3) is 0.176. The Morgan fingerprint density at radius 1 is 0.778 bits per heavy atom. The number of hydrogen-bond acceptors (Lipinski definition) is 1. The van der Waals surface area contributed by atoms with E-state index in [0.717, 1.165) is 16.3 Å². The molecule has 18 heavy (non-hydrogen) atoms. The van der Waals surface area contributed by atoms with Gasteiger partial charge in [-0.05, 0) is 47.0 Å². The lowest BCUT2D eigenvalue weighted by atomic mass is 9.87. The minimum Gasteiger partial charge on any atom is -0.386 e. The van der Waals surface area contributed by atoms with Gasteiger partial charge in [0.2, 0.25) is 0 Å². The second-order valence-corrected chi connectivity index (χ2v) is 5.25. The molecule has 3 aromatic rings. The van der Waals surface area contributed by atoms with Crippen LogP contribution < -0.4 is 0 Å². The molecule has 0 aliphatic rings. The highest BCUT2D eigenvalue weighted by Crippen LogP contribution is 2.35. The van der Waals surface area contributed by atoms with Gasteiger partial charge in [-0.3, -0.25) is 0 Å². The van der Waals surface area contributed by atoms with E-state index in [9.17, 15) is 5.11 Å². The Labute approximate surface area is 107 Å². The van der Waals surface area contributed by atoms with Crippen LogP contribution >= 0.6 is 0 Å². The molecule has 0 amide bonds. The summed E-state index contributed by atoms with van der Waals surface area (Å²) in [5, 5.41) is 15.1. The molecule has 1 heteroatoms. The van der Waals surface area contributed by atoms with Crippen molar-refractivity contribution in [3.05, 3.63) is 60.2 Å². The lowest BCUT2D eigenvalue weighted by Gasteiger charge is -2.22. The van der Waals surface area contributed by atoms with Gasteiger partial charge in [-0.15, -0.1) is 0 Å². The average Bonchev–Trinajstić information content (AvgIpc) is 2.34. The van der Waals surface area contributed by atoms with Crippen LogP contribution in [0.15, 0.2) is 54.6 Å². The normalized spacial score (nSPS) is 12.2. The van der Waals surface area contributed by atoms with Crippen molar-refractivity contribution in [1.82, 2.24) is 0 Å². The SMILES string of the molecule is CC(C)(O)c1c2ccccc2cc2ccccc12. The molecule has 3 rings (SSSR count). The number of aliphatic hydroxyl groups is 1. The van der Waals surface area contributed by atoms with Crippen molar-refractivity contribution in [3.8, 4) is 0 Å². The first-order valence-electron chi connectivity index (χ1n) is 6.21. The second kappa shape index (κ2) is 3.82. The highest BCUT2D eigenvalue weighted by atomic mass is 16.3. The molecule has 0 atom stereocenters. The summed E-state index contributed by atoms with van der Waals surface area (Å²) in [4.78, 5) is 0. The summed E-state index contributed by atoms with van der Waals surface area (Å²) in [5.74, 6) is 0. The molecule has 0 aliphatic heterocycles. The van der Waals surface area contributed by atoms with Crippen LogP contribution in [-0.4, -0.2) is 5.11 Å². The van der Waals surface area contributed by atoms with E-state index in [1.165, 1.54) is 10.8 Å². The molecule has 0 bridgehead atoms. The van der Waals surface area contributed by atoms with Gasteiger partial charge in [-0.25, -0.2) is 0 Å². The predicted molar refractivity (Wildman–Crippen MR) is 76.7 cm³/mol. The molecule has 0 saturated carbocycles. The lowest BCUT2D eigenvalue weighted by molar-refractivity contribution is 0.0817. The molecule has 0 heterocycles. The zero-order valence-electron chi connectivity index (χ0n) is 10.6. The first-order valence-corrected chi connectivity index (χ1v) is 6.21. The number of rotatable bonds is 1. The van der Waals surface area contributed by atoms with Crippen molar-refractivity contribution >= 4 is 21.5 Å². The minimum absolute atomic E-state index is 0.847. The Morgan fingerprint density at radius 2 is 1.22 bits per heavy atom. The van der Waals surface area contributed by atoms with E-state index in [1.54, 1.807) is 0 Å². The maximum Gasteiger partial charge on any atom is 0.0852 e. The van der Waals surface area contributed by atoms with Gasteiger partial charge in [-0.1, -0.05) is 48.5 Å². The van der Waals surface area contributed by atoms with E-state index >= 15 is 0 Å². The van der Waals surface area contributed by atoms with Crippen LogP contribution in [0, 0.1) is 0 Å². The van der Waals surface area contributed by atoms with Crippen LogP contribution in [0.4, 0.5) is 0 Å². The molecule has 3 aromatic carbocycles. The number of hydrogen-bond donors (Lipinski definition) is 1. The predicted octanol–water partition coefficient (Wildman–Crippen LogP) is 4.22. The zero-order valence-corrected chi connectivity index (χ0v) is 10.6. The summed E-state index contributed by atoms with van der Waals surface area (Å²) in [7, 11) is 0. The van der Waals surface area contributed by atoms with Crippen molar-refractivity contribution < 1.29 is 5.11 Å². The second-order valence-electron chi connectivity index (χ2n) is 5.25. The van der Waals surface area contributed by atoms with Gasteiger partial charge in [0.25, 0.3) is 0 Å². The van der Waals surface area contributed by atoms with E-state index in [2.05, 4.69) is 30.3 Å². The van der Waals surface area contributed by atoms with E-state index in [4.69, 9.17) is 0 Å². The van der Waals surface area contributed by atoms with Gasteiger partial charge in [0.1, 0.15) is 0 Å². The molecule has 0 spiro atoms. The summed E-state index contributed by atoms with van der Waals surface area (Å²) in [6.07, 6.45) is 0. The Morgan fingerprint density at radius 3 is 1.67 bits per heavy atom. The Kier molecular flexibility index (Phi) is 2.39. The summed E-state index contributed by atoms with van der Waals surface area (Å²) < 4.78 is 0. The lowest BCUT2D eigenvalue weighted by Crippen LogP contribution is -2.16. The molecule has 0 saturated heterocycles. The Bertz CT molecular complexity index is 666. The van der Waals surface area contributed by atoms with Crippen LogP contribution in [-0.2, 0) is 5.60 Å². The zero-order chi connectivity index (χ0) is 12.8. The molecular weight excluding hydrogens is 220 g/mol. The molecule has 90 valence electrons. The van der Waals surface area contributed by atoms with Crippen molar-refractivity contribution in [3.63, 3.8) is 0 Å². The van der Waals surface area contributed by atoms with Crippen LogP contribution in [0.5, 0.6) is 0 Å². The van der Waals surface area contributed by atoms with E-state index in [1.807, 2.05) is 38.1 Å². The van der Waals surface area contributed by atoms with Crippen molar-refractivity contribution in [1.29, 1.82) is 0 Å². The van der Waals surface area contributed by atoms with Crippen LogP contribution in [0.25, 0.3) is 21.5 Å². The van der Waals surface area contributed by atoms with Gasteiger partial charge in [0.05, 0.1) is 5.60 Å². The highest BCUT2D eigenvalue weighted by Gasteiger charge is 2.21. The standard InChI is InChI=1S/C17H16O/c1-17(2,18)16-14-9-5-3-7-12(14)11-13-8-4-6-10-15(13)16/h3-11,18H,1-2H3. The largest absolute Gasteiger partial charge is 0.386 e. The molecule has 0 aliphatic carbocycles. The Balaban J connectivity index is 2.58. The van der Waals surface area contributed by atoms with E-state index in [0.29, 0.717) is 0 Å². The third-order valence-electron chi connectivity index (χ3n) is 3.38. The third-order valence-corrected chi connectivity index (χ3v) is 3.38. The molecule has 0 aromatic heterocycles. The Hall–Kier alpha value is -1.86. The highest BCUT2D eigenvalue weighted by molar-refractivity contribution is 6.02. The number of fused-ring (bicyclic) bond motifs is 2. The maximum atomic E-state index is 10.5. The van der Waals surface area contributed by atoms with Crippen LogP contribution in [0.1, 0.15) is 19.4 Å².